The highest BCUT2D eigenvalue weighted by molar-refractivity contribution is 9.10. The van der Waals surface area contributed by atoms with E-state index in [4.69, 9.17) is 9.47 Å². The molecule has 1 aromatic heterocycles. The van der Waals surface area contributed by atoms with Crippen LogP contribution in [0.5, 0.6) is 11.5 Å². The number of nitrogens with zero attached hydrogens (tertiary/aromatic N) is 3. The Morgan fingerprint density at radius 2 is 1.76 bits per heavy atom. The molecule has 1 heterocycles. The van der Waals surface area contributed by atoms with Gasteiger partial charge in [-0.3, -0.25) is 9.36 Å². The molecule has 0 saturated carbocycles. The van der Waals surface area contributed by atoms with Crippen molar-refractivity contribution in [3.05, 3.63) is 76.8 Å². The molecule has 0 aliphatic carbocycles. The van der Waals surface area contributed by atoms with Gasteiger partial charge in [0, 0.05) is 15.7 Å². The molecule has 4 rings (SSSR count). The summed E-state index contributed by atoms with van der Waals surface area (Å²) in [5.41, 5.74) is 3.54. The van der Waals surface area contributed by atoms with Crippen molar-refractivity contribution < 1.29 is 14.3 Å². The zero-order valence-corrected chi connectivity index (χ0v) is 21.3. The molecule has 0 bridgehead atoms. The van der Waals surface area contributed by atoms with Gasteiger partial charge in [0.2, 0.25) is 5.91 Å². The van der Waals surface area contributed by atoms with E-state index in [2.05, 4.69) is 31.4 Å². The Labute approximate surface area is 210 Å². The zero-order chi connectivity index (χ0) is 24.1. The van der Waals surface area contributed by atoms with Crippen LogP contribution in [0.15, 0.2) is 76.4 Å². The van der Waals surface area contributed by atoms with Crippen LogP contribution in [0.25, 0.3) is 17.1 Å². The van der Waals surface area contributed by atoms with E-state index >= 15 is 0 Å². The Hall–Kier alpha value is -3.30. The van der Waals surface area contributed by atoms with Gasteiger partial charge >= 0.3 is 0 Å². The molecule has 9 heteroatoms. The first kappa shape index (κ1) is 23.8. The largest absolute Gasteiger partial charge is 0.493 e. The number of methoxy groups -OCH3 is 2. The number of aromatic nitrogens is 3. The molecule has 3 aromatic carbocycles. The Kier molecular flexibility index (Phi) is 7.54. The molecule has 0 unspecified atom stereocenters. The third-order valence-corrected chi connectivity index (χ3v) is 6.61. The number of benzene rings is 3. The maximum atomic E-state index is 12.7. The summed E-state index contributed by atoms with van der Waals surface area (Å²) in [4.78, 5) is 12.7. The number of amides is 1. The molecule has 0 aliphatic heterocycles. The van der Waals surface area contributed by atoms with Gasteiger partial charge in [-0.1, -0.05) is 36.0 Å². The quantitative estimate of drug-likeness (QED) is 0.287. The van der Waals surface area contributed by atoms with Gasteiger partial charge in [0.1, 0.15) is 0 Å². The summed E-state index contributed by atoms with van der Waals surface area (Å²) < 4.78 is 13.6. The van der Waals surface area contributed by atoms with Crippen LogP contribution in [0.4, 0.5) is 5.69 Å². The molecule has 7 nitrogen and oxygen atoms in total. The fourth-order valence-corrected chi connectivity index (χ4v) is 4.72. The van der Waals surface area contributed by atoms with Gasteiger partial charge in [-0.2, -0.15) is 0 Å². The van der Waals surface area contributed by atoms with Crippen molar-refractivity contribution in [1.29, 1.82) is 0 Å². The summed E-state index contributed by atoms with van der Waals surface area (Å²) >= 11 is 4.82. The normalized spacial score (nSPS) is 10.7. The summed E-state index contributed by atoms with van der Waals surface area (Å²) in [7, 11) is 3.19. The number of carbonyl (C=O) groups is 1. The number of thioether (sulfide) groups is 1. The van der Waals surface area contributed by atoms with Gasteiger partial charge in [-0.15, -0.1) is 10.2 Å². The Balaban J connectivity index is 1.62. The number of aryl methyl sites for hydroxylation is 1. The average molecular weight is 539 g/mol. The second-order valence-corrected chi connectivity index (χ2v) is 9.16. The number of anilines is 1. The second-order valence-electron chi connectivity index (χ2n) is 7.37. The molecule has 0 fully saturated rings. The lowest BCUT2D eigenvalue weighted by Gasteiger charge is -2.12. The van der Waals surface area contributed by atoms with Crippen LogP contribution in [0.2, 0.25) is 0 Å². The van der Waals surface area contributed by atoms with E-state index in [1.165, 1.54) is 11.8 Å². The third kappa shape index (κ3) is 5.26. The van der Waals surface area contributed by atoms with E-state index in [1.54, 1.807) is 14.2 Å². The van der Waals surface area contributed by atoms with Crippen LogP contribution in [0.1, 0.15) is 5.56 Å². The minimum absolute atomic E-state index is 0.134. The summed E-state index contributed by atoms with van der Waals surface area (Å²) in [5.74, 6) is 1.91. The topological polar surface area (TPSA) is 78.3 Å². The fourth-order valence-electron chi connectivity index (χ4n) is 3.37. The number of halogens is 1. The van der Waals surface area contributed by atoms with Crippen LogP contribution in [-0.4, -0.2) is 40.6 Å². The van der Waals surface area contributed by atoms with E-state index in [-0.39, 0.29) is 11.7 Å². The number of para-hydroxylation sites is 1. The standard InChI is InChI=1S/C25H23BrN4O3S/c1-16-9-11-20(19(26)13-16)27-23(31)15-34-25-29-28-24(30(25)18-7-5-4-6-8-18)17-10-12-21(32-2)22(14-17)33-3/h4-14H,15H2,1-3H3,(H,27,31). The monoisotopic (exact) mass is 538 g/mol. The highest BCUT2D eigenvalue weighted by Gasteiger charge is 2.19. The van der Waals surface area contributed by atoms with Gasteiger partial charge in [0.05, 0.1) is 25.7 Å². The van der Waals surface area contributed by atoms with Crippen molar-refractivity contribution in [2.24, 2.45) is 0 Å². The van der Waals surface area contributed by atoms with Crippen LogP contribution >= 0.6 is 27.7 Å². The second kappa shape index (κ2) is 10.8. The molecule has 4 aromatic rings. The lowest BCUT2D eigenvalue weighted by Crippen LogP contribution is -2.15. The Morgan fingerprint density at radius 3 is 2.47 bits per heavy atom. The summed E-state index contributed by atoms with van der Waals surface area (Å²) in [6, 6.07) is 21.2. The van der Waals surface area contributed by atoms with Gasteiger partial charge in [0.25, 0.3) is 0 Å². The molecule has 34 heavy (non-hydrogen) atoms. The smallest absolute Gasteiger partial charge is 0.234 e. The summed E-state index contributed by atoms with van der Waals surface area (Å²) in [5, 5.41) is 12.4. The van der Waals surface area contributed by atoms with Crippen molar-refractivity contribution in [3.8, 4) is 28.6 Å². The maximum Gasteiger partial charge on any atom is 0.234 e. The van der Waals surface area contributed by atoms with Crippen molar-refractivity contribution in [2.45, 2.75) is 12.1 Å². The molecular formula is C25H23BrN4O3S. The Morgan fingerprint density at radius 1 is 1.00 bits per heavy atom. The number of ether oxygens (including phenoxy) is 2. The van der Waals surface area contributed by atoms with Gasteiger partial charge in [-0.25, -0.2) is 0 Å². The molecule has 1 amide bonds. The summed E-state index contributed by atoms with van der Waals surface area (Å²) in [6.45, 7) is 2.00. The number of hydrogen-bond acceptors (Lipinski definition) is 6. The fraction of sp³-hybridized carbons (Fsp3) is 0.160. The van der Waals surface area contributed by atoms with E-state index in [9.17, 15) is 4.79 Å². The predicted octanol–water partition coefficient (Wildman–Crippen LogP) is 5.75. The molecule has 174 valence electrons. The molecule has 1 N–H and O–H groups in total. The molecule has 0 aliphatic rings. The van der Waals surface area contributed by atoms with Crippen molar-refractivity contribution in [3.63, 3.8) is 0 Å². The number of rotatable bonds is 8. The van der Waals surface area contributed by atoms with E-state index in [0.717, 1.165) is 27.0 Å². The van der Waals surface area contributed by atoms with E-state index in [0.29, 0.717) is 22.5 Å². The van der Waals surface area contributed by atoms with Crippen molar-refractivity contribution in [2.75, 3.05) is 25.3 Å². The first-order chi connectivity index (χ1) is 16.5. The van der Waals surface area contributed by atoms with Crippen LogP contribution in [-0.2, 0) is 4.79 Å². The van der Waals surface area contributed by atoms with Crippen molar-refractivity contribution in [1.82, 2.24) is 14.8 Å². The predicted molar refractivity (Wildman–Crippen MR) is 138 cm³/mol. The maximum absolute atomic E-state index is 12.7. The average Bonchev–Trinajstić information content (AvgIpc) is 3.28. The molecule has 0 atom stereocenters. The number of hydrogen-bond donors (Lipinski definition) is 1. The number of nitrogens with one attached hydrogen (secondary N) is 1. The number of carbonyl (C=O) groups excluding carboxylic acids is 1. The van der Waals surface area contributed by atoms with E-state index in [1.807, 2.05) is 78.2 Å². The SMILES string of the molecule is COc1ccc(-c2nnc(SCC(=O)Nc3ccc(C)cc3Br)n2-c2ccccc2)cc1OC. The molecule has 0 spiro atoms. The summed E-state index contributed by atoms with van der Waals surface area (Å²) in [6.07, 6.45) is 0. The Bertz CT molecular complexity index is 1310. The van der Waals surface area contributed by atoms with Gasteiger partial charge in [-0.05, 0) is 70.9 Å². The first-order valence-corrected chi connectivity index (χ1v) is 12.2. The lowest BCUT2D eigenvalue weighted by molar-refractivity contribution is -0.113. The minimum atomic E-state index is -0.134. The van der Waals surface area contributed by atoms with Crippen molar-refractivity contribution >= 4 is 39.3 Å². The first-order valence-electron chi connectivity index (χ1n) is 10.4. The molecule has 0 saturated heterocycles. The molecule has 0 radical (unpaired) electrons. The van der Waals surface area contributed by atoms with Crippen LogP contribution in [0.3, 0.4) is 0 Å². The molecular weight excluding hydrogens is 516 g/mol. The minimum Gasteiger partial charge on any atom is -0.493 e. The third-order valence-electron chi connectivity index (χ3n) is 5.02. The highest BCUT2D eigenvalue weighted by atomic mass is 79.9. The lowest BCUT2D eigenvalue weighted by atomic mass is 10.2. The zero-order valence-electron chi connectivity index (χ0n) is 18.9. The van der Waals surface area contributed by atoms with Crippen LogP contribution < -0.4 is 14.8 Å². The van der Waals surface area contributed by atoms with Gasteiger partial charge < -0.3 is 14.8 Å². The highest BCUT2D eigenvalue weighted by Crippen LogP contribution is 2.34. The van der Waals surface area contributed by atoms with Gasteiger partial charge in [0.15, 0.2) is 22.5 Å². The van der Waals surface area contributed by atoms with Crippen LogP contribution in [0, 0.1) is 6.92 Å². The van der Waals surface area contributed by atoms with E-state index < -0.39 is 0 Å².